The Morgan fingerprint density at radius 1 is 1.26 bits per heavy atom. The third kappa shape index (κ3) is 2.81. The number of nitrogens with zero attached hydrogens (tertiary/aromatic N) is 3. The first-order valence-electron chi connectivity index (χ1n) is 6.95. The fourth-order valence-corrected chi connectivity index (χ4v) is 2.61. The maximum atomic E-state index is 6.07. The number of benzene rings is 1. The number of aromatic nitrogens is 2. The summed E-state index contributed by atoms with van der Waals surface area (Å²) in [5, 5.41) is 1.44. The van der Waals surface area contributed by atoms with Gasteiger partial charge in [0.25, 0.3) is 0 Å². The molecule has 0 aliphatic heterocycles. The smallest absolute Gasteiger partial charge is 0.224 e. The first-order valence-corrected chi connectivity index (χ1v) is 7.33. The molecule has 4 heteroatoms. The second-order valence-electron chi connectivity index (χ2n) is 5.22. The van der Waals surface area contributed by atoms with Crippen LogP contribution >= 0.6 is 11.6 Å². The quantitative estimate of drug-likeness (QED) is 0.775. The molecule has 1 saturated carbocycles. The molecule has 1 fully saturated rings. The van der Waals surface area contributed by atoms with Crippen LogP contribution in [0.3, 0.4) is 0 Å². The SMILES string of the molecule is CCCN(CC1CC1)c1nc(Cl)nc2ccccc12. The zero-order valence-electron chi connectivity index (χ0n) is 11.1. The number of hydrogen-bond donors (Lipinski definition) is 0. The molecule has 0 amide bonds. The Kier molecular flexibility index (Phi) is 3.56. The lowest BCUT2D eigenvalue weighted by atomic mass is 10.2. The van der Waals surface area contributed by atoms with Crippen molar-refractivity contribution >= 4 is 28.3 Å². The van der Waals surface area contributed by atoms with Gasteiger partial charge in [-0.05, 0) is 48.9 Å². The van der Waals surface area contributed by atoms with Gasteiger partial charge >= 0.3 is 0 Å². The highest BCUT2D eigenvalue weighted by Gasteiger charge is 2.25. The summed E-state index contributed by atoms with van der Waals surface area (Å²) in [6.45, 7) is 4.31. The van der Waals surface area contributed by atoms with Gasteiger partial charge in [-0.1, -0.05) is 19.1 Å². The summed E-state index contributed by atoms with van der Waals surface area (Å²) in [7, 11) is 0. The lowest BCUT2D eigenvalue weighted by Gasteiger charge is -2.24. The summed E-state index contributed by atoms with van der Waals surface area (Å²) in [6.07, 6.45) is 3.80. The van der Waals surface area contributed by atoms with Gasteiger partial charge in [-0.15, -0.1) is 0 Å². The zero-order valence-corrected chi connectivity index (χ0v) is 11.9. The molecule has 1 aromatic heterocycles. The van der Waals surface area contributed by atoms with E-state index in [9.17, 15) is 0 Å². The molecule has 0 N–H and O–H groups in total. The summed E-state index contributed by atoms with van der Waals surface area (Å²) in [6, 6.07) is 8.09. The van der Waals surface area contributed by atoms with Crippen molar-refractivity contribution in [1.82, 2.24) is 9.97 Å². The molecular weight excluding hydrogens is 258 g/mol. The lowest BCUT2D eigenvalue weighted by molar-refractivity contribution is 0.701. The van der Waals surface area contributed by atoms with Gasteiger partial charge in [0.2, 0.25) is 5.28 Å². The highest BCUT2D eigenvalue weighted by molar-refractivity contribution is 6.28. The molecule has 19 heavy (non-hydrogen) atoms. The van der Waals surface area contributed by atoms with Gasteiger partial charge in [0.1, 0.15) is 5.82 Å². The van der Waals surface area contributed by atoms with E-state index in [0.29, 0.717) is 5.28 Å². The second kappa shape index (κ2) is 5.33. The van der Waals surface area contributed by atoms with Crippen LogP contribution in [0.2, 0.25) is 5.28 Å². The number of halogens is 1. The molecular formula is C15H18ClN3. The molecule has 1 heterocycles. The van der Waals surface area contributed by atoms with E-state index >= 15 is 0 Å². The zero-order chi connectivity index (χ0) is 13.2. The molecule has 0 radical (unpaired) electrons. The monoisotopic (exact) mass is 275 g/mol. The molecule has 1 aromatic carbocycles. The van der Waals surface area contributed by atoms with Gasteiger partial charge < -0.3 is 4.90 Å². The van der Waals surface area contributed by atoms with E-state index < -0.39 is 0 Å². The molecule has 1 aliphatic rings. The van der Waals surface area contributed by atoms with Crippen molar-refractivity contribution in [2.75, 3.05) is 18.0 Å². The Morgan fingerprint density at radius 2 is 2.05 bits per heavy atom. The fraction of sp³-hybridized carbons (Fsp3) is 0.467. The maximum absolute atomic E-state index is 6.07. The van der Waals surface area contributed by atoms with Crippen LogP contribution in [-0.2, 0) is 0 Å². The van der Waals surface area contributed by atoms with Crippen molar-refractivity contribution in [2.24, 2.45) is 5.92 Å². The summed E-state index contributed by atoms with van der Waals surface area (Å²) in [5.41, 5.74) is 0.925. The van der Waals surface area contributed by atoms with Crippen LogP contribution in [0.1, 0.15) is 26.2 Å². The first-order chi connectivity index (χ1) is 9.28. The number of rotatable bonds is 5. The fourth-order valence-electron chi connectivity index (χ4n) is 2.44. The molecule has 0 spiro atoms. The first kappa shape index (κ1) is 12.7. The number of anilines is 1. The number of fused-ring (bicyclic) bond motifs is 1. The molecule has 100 valence electrons. The van der Waals surface area contributed by atoms with E-state index in [1.807, 2.05) is 18.2 Å². The third-order valence-electron chi connectivity index (χ3n) is 3.52. The van der Waals surface area contributed by atoms with Crippen molar-refractivity contribution in [1.29, 1.82) is 0 Å². The van der Waals surface area contributed by atoms with Crippen LogP contribution in [-0.4, -0.2) is 23.1 Å². The van der Waals surface area contributed by atoms with E-state index in [-0.39, 0.29) is 0 Å². The van der Waals surface area contributed by atoms with Crippen molar-refractivity contribution in [3.63, 3.8) is 0 Å². The Balaban J connectivity index is 2.04. The molecule has 3 nitrogen and oxygen atoms in total. The van der Waals surface area contributed by atoms with Gasteiger partial charge in [0, 0.05) is 18.5 Å². The Hall–Kier alpha value is -1.35. The molecule has 2 aromatic rings. The van der Waals surface area contributed by atoms with Crippen molar-refractivity contribution in [2.45, 2.75) is 26.2 Å². The van der Waals surface area contributed by atoms with Gasteiger partial charge in [-0.3, -0.25) is 0 Å². The summed E-state index contributed by atoms with van der Waals surface area (Å²) in [4.78, 5) is 11.2. The maximum Gasteiger partial charge on any atom is 0.224 e. The third-order valence-corrected chi connectivity index (χ3v) is 3.69. The summed E-state index contributed by atoms with van der Waals surface area (Å²) in [5.74, 6) is 1.82. The standard InChI is InChI=1S/C15H18ClN3/c1-2-9-19(10-11-7-8-11)14-12-5-3-4-6-13(12)17-15(16)18-14/h3-6,11H,2,7-10H2,1H3. The van der Waals surface area contributed by atoms with Gasteiger partial charge in [-0.2, -0.15) is 4.98 Å². The van der Waals surface area contributed by atoms with Crippen LogP contribution in [0, 0.1) is 5.92 Å². The largest absolute Gasteiger partial charge is 0.356 e. The Labute approximate surface area is 118 Å². The van der Waals surface area contributed by atoms with Crippen LogP contribution in [0.15, 0.2) is 24.3 Å². The normalized spacial score (nSPS) is 14.8. The number of para-hydroxylation sites is 1. The van der Waals surface area contributed by atoms with Crippen molar-refractivity contribution in [3.05, 3.63) is 29.5 Å². The minimum atomic E-state index is 0.339. The average molecular weight is 276 g/mol. The summed E-state index contributed by atoms with van der Waals surface area (Å²) < 4.78 is 0. The van der Waals surface area contributed by atoms with E-state index in [0.717, 1.165) is 42.1 Å². The predicted octanol–water partition coefficient (Wildman–Crippen LogP) is 3.91. The van der Waals surface area contributed by atoms with Crippen molar-refractivity contribution < 1.29 is 0 Å². The van der Waals surface area contributed by atoms with Crippen LogP contribution in [0.4, 0.5) is 5.82 Å². The van der Waals surface area contributed by atoms with Crippen LogP contribution in [0.5, 0.6) is 0 Å². The molecule has 3 rings (SSSR count). The molecule has 0 atom stereocenters. The van der Waals surface area contributed by atoms with Gasteiger partial charge in [0.05, 0.1) is 5.52 Å². The summed E-state index contributed by atoms with van der Waals surface area (Å²) >= 11 is 6.07. The lowest BCUT2D eigenvalue weighted by Crippen LogP contribution is -2.27. The average Bonchev–Trinajstić information content (AvgIpc) is 3.21. The van der Waals surface area contributed by atoms with E-state index in [1.165, 1.54) is 12.8 Å². The molecule has 1 aliphatic carbocycles. The van der Waals surface area contributed by atoms with Crippen LogP contribution in [0.25, 0.3) is 10.9 Å². The van der Waals surface area contributed by atoms with Gasteiger partial charge in [0.15, 0.2) is 0 Å². The van der Waals surface area contributed by atoms with E-state index in [1.54, 1.807) is 0 Å². The highest BCUT2D eigenvalue weighted by Crippen LogP contribution is 2.33. The topological polar surface area (TPSA) is 29.0 Å². The highest BCUT2D eigenvalue weighted by atomic mass is 35.5. The predicted molar refractivity (Wildman–Crippen MR) is 79.8 cm³/mol. The molecule has 0 unspecified atom stereocenters. The minimum Gasteiger partial charge on any atom is -0.356 e. The van der Waals surface area contributed by atoms with Crippen molar-refractivity contribution in [3.8, 4) is 0 Å². The number of hydrogen-bond acceptors (Lipinski definition) is 3. The molecule has 0 bridgehead atoms. The van der Waals surface area contributed by atoms with Crippen LogP contribution < -0.4 is 4.90 Å². The molecule has 0 saturated heterocycles. The van der Waals surface area contributed by atoms with Gasteiger partial charge in [-0.25, -0.2) is 4.98 Å². The van der Waals surface area contributed by atoms with E-state index in [4.69, 9.17) is 11.6 Å². The Morgan fingerprint density at radius 3 is 2.79 bits per heavy atom. The minimum absolute atomic E-state index is 0.339. The Bertz CT molecular complexity index is 581. The van der Waals surface area contributed by atoms with E-state index in [2.05, 4.69) is 27.9 Å². The second-order valence-corrected chi connectivity index (χ2v) is 5.56.